The maximum Gasteiger partial charge on any atom is 0.0756 e. The van der Waals surface area contributed by atoms with Crippen molar-refractivity contribution >= 4 is 17.3 Å². The predicted octanol–water partition coefficient (Wildman–Crippen LogP) is 6.64. The molecule has 0 N–H and O–H groups in total. The van der Waals surface area contributed by atoms with Crippen LogP contribution in [-0.4, -0.2) is 5.71 Å². The minimum absolute atomic E-state index is 0.235. The zero-order valence-corrected chi connectivity index (χ0v) is 15.0. The Morgan fingerprint density at radius 3 is 2.16 bits per heavy atom. The molecule has 0 amide bonds. The second-order valence-electron chi connectivity index (χ2n) is 6.60. The Labute approximate surface area is 154 Å². The van der Waals surface area contributed by atoms with Crippen molar-refractivity contribution in [2.24, 2.45) is 4.99 Å². The molecule has 0 bridgehead atoms. The monoisotopic (exact) mass is 345 g/mol. The maximum atomic E-state index is 6.32. The van der Waals surface area contributed by atoms with Gasteiger partial charge < -0.3 is 0 Å². The summed E-state index contributed by atoms with van der Waals surface area (Å²) in [6, 6.07) is 25.7. The van der Waals surface area contributed by atoms with Crippen LogP contribution in [0.25, 0.3) is 11.1 Å². The summed E-state index contributed by atoms with van der Waals surface area (Å²) in [6.45, 7) is 2.11. The zero-order chi connectivity index (χ0) is 17.2. The summed E-state index contributed by atoms with van der Waals surface area (Å²) in [5.41, 5.74) is 7.26. The normalized spacial score (nSPS) is 16.7. The van der Waals surface area contributed by atoms with Gasteiger partial charge in [-0.3, -0.25) is 4.99 Å². The van der Waals surface area contributed by atoms with Crippen molar-refractivity contribution in [2.75, 3.05) is 0 Å². The number of aryl methyl sites for hydroxylation is 1. The Morgan fingerprint density at radius 1 is 0.840 bits per heavy atom. The highest BCUT2D eigenvalue weighted by atomic mass is 35.5. The fourth-order valence-electron chi connectivity index (χ4n) is 3.38. The van der Waals surface area contributed by atoms with Crippen molar-refractivity contribution in [3.63, 3.8) is 0 Å². The van der Waals surface area contributed by atoms with E-state index in [1.165, 1.54) is 22.3 Å². The average molecular weight is 346 g/mol. The van der Waals surface area contributed by atoms with Gasteiger partial charge in [0.1, 0.15) is 0 Å². The Balaban J connectivity index is 1.57. The third kappa shape index (κ3) is 3.38. The van der Waals surface area contributed by atoms with Crippen LogP contribution >= 0.6 is 11.6 Å². The number of hydrogen-bond acceptors (Lipinski definition) is 1. The van der Waals surface area contributed by atoms with E-state index in [0.29, 0.717) is 0 Å². The lowest BCUT2D eigenvalue weighted by Gasteiger charge is -2.09. The van der Waals surface area contributed by atoms with Crippen LogP contribution in [0.15, 0.2) is 77.8 Å². The number of halogens is 1. The molecule has 0 fully saturated rings. The Bertz CT molecular complexity index is 908. The van der Waals surface area contributed by atoms with Crippen LogP contribution in [0.3, 0.4) is 0 Å². The quantitative estimate of drug-likeness (QED) is 0.504. The van der Waals surface area contributed by atoms with Crippen LogP contribution in [0.5, 0.6) is 0 Å². The number of aliphatic imine (C=N–C) groups is 1. The fraction of sp³-hybridized carbons (Fsp3) is 0.174. The maximum absolute atomic E-state index is 6.32. The van der Waals surface area contributed by atoms with Crippen LogP contribution < -0.4 is 0 Å². The molecule has 3 aromatic carbocycles. The lowest BCUT2D eigenvalue weighted by Crippen LogP contribution is -1.96. The SMILES string of the molecule is Cc1ccc(-c2ccc([C@H]3CCC(c4ccccc4Cl)=N3)cc2)cc1. The second kappa shape index (κ2) is 6.85. The van der Waals surface area contributed by atoms with Crippen molar-refractivity contribution in [2.45, 2.75) is 25.8 Å². The highest BCUT2D eigenvalue weighted by Gasteiger charge is 2.21. The Morgan fingerprint density at radius 2 is 1.48 bits per heavy atom. The van der Waals surface area contributed by atoms with Gasteiger partial charge in [0.15, 0.2) is 0 Å². The van der Waals surface area contributed by atoms with E-state index in [4.69, 9.17) is 16.6 Å². The molecule has 0 aliphatic carbocycles. The van der Waals surface area contributed by atoms with Gasteiger partial charge in [-0.25, -0.2) is 0 Å². The van der Waals surface area contributed by atoms with E-state index in [1.807, 2.05) is 18.2 Å². The molecule has 1 aliphatic heterocycles. The van der Waals surface area contributed by atoms with Gasteiger partial charge in [-0.2, -0.15) is 0 Å². The van der Waals surface area contributed by atoms with Crippen LogP contribution in [0, 0.1) is 6.92 Å². The molecule has 124 valence electrons. The first-order valence-corrected chi connectivity index (χ1v) is 9.07. The molecule has 25 heavy (non-hydrogen) atoms. The molecule has 0 saturated heterocycles. The van der Waals surface area contributed by atoms with Crippen LogP contribution in [0.1, 0.15) is 35.6 Å². The Kier molecular flexibility index (Phi) is 4.42. The largest absolute Gasteiger partial charge is 0.281 e. The third-order valence-electron chi connectivity index (χ3n) is 4.83. The molecule has 4 rings (SSSR count). The minimum atomic E-state index is 0.235. The number of nitrogens with zero attached hydrogens (tertiary/aromatic N) is 1. The van der Waals surface area contributed by atoms with E-state index in [1.54, 1.807) is 0 Å². The standard InChI is InChI=1S/C23H20ClN/c1-16-6-8-17(9-7-16)18-10-12-19(13-11-18)22-14-15-23(25-22)20-4-2-3-5-21(20)24/h2-13,22H,14-15H2,1H3/t22-/m1/s1. The summed E-state index contributed by atoms with van der Waals surface area (Å²) in [7, 11) is 0. The molecular weight excluding hydrogens is 326 g/mol. The highest BCUT2D eigenvalue weighted by Crippen LogP contribution is 2.33. The van der Waals surface area contributed by atoms with E-state index in [0.717, 1.165) is 29.1 Å². The van der Waals surface area contributed by atoms with E-state index >= 15 is 0 Å². The summed E-state index contributed by atoms with van der Waals surface area (Å²) < 4.78 is 0. The van der Waals surface area contributed by atoms with Crippen LogP contribution in [0.4, 0.5) is 0 Å². The smallest absolute Gasteiger partial charge is 0.0756 e. The molecule has 2 heteroatoms. The molecule has 1 atom stereocenters. The molecular formula is C23H20ClN. The van der Waals surface area contributed by atoms with Crippen LogP contribution in [-0.2, 0) is 0 Å². The first kappa shape index (κ1) is 16.1. The van der Waals surface area contributed by atoms with E-state index < -0.39 is 0 Å². The van der Waals surface area contributed by atoms with Gasteiger partial charge in [-0.1, -0.05) is 83.9 Å². The van der Waals surface area contributed by atoms with Crippen molar-refractivity contribution in [1.82, 2.24) is 0 Å². The molecule has 1 aliphatic rings. The summed E-state index contributed by atoms with van der Waals surface area (Å²) >= 11 is 6.32. The topological polar surface area (TPSA) is 12.4 Å². The lowest BCUT2D eigenvalue weighted by molar-refractivity contribution is 0.723. The molecule has 1 heterocycles. The van der Waals surface area contributed by atoms with Gasteiger partial charge in [0.05, 0.1) is 6.04 Å². The molecule has 0 aromatic heterocycles. The molecule has 0 saturated carbocycles. The number of benzene rings is 3. The summed E-state index contributed by atoms with van der Waals surface area (Å²) in [6.07, 6.45) is 2.03. The molecule has 0 unspecified atom stereocenters. The first-order chi connectivity index (χ1) is 12.2. The van der Waals surface area contributed by atoms with E-state index in [2.05, 4.69) is 61.5 Å². The van der Waals surface area contributed by atoms with Gasteiger partial charge in [-0.15, -0.1) is 0 Å². The zero-order valence-electron chi connectivity index (χ0n) is 14.2. The number of hydrogen-bond donors (Lipinski definition) is 0. The Hall–Kier alpha value is -2.38. The highest BCUT2D eigenvalue weighted by molar-refractivity contribution is 6.34. The van der Waals surface area contributed by atoms with Crippen molar-refractivity contribution < 1.29 is 0 Å². The summed E-state index contributed by atoms with van der Waals surface area (Å²) in [5.74, 6) is 0. The van der Waals surface area contributed by atoms with Crippen molar-refractivity contribution in [1.29, 1.82) is 0 Å². The lowest BCUT2D eigenvalue weighted by atomic mass is 9.99. The molecule has 1 nitrogen and oxygen atoms in total. The number of rotatable bonds is 3. The van der Waals surface area contributed by atoms with E-state index in [-0.39, 0.29) is 6.04 Å². The van der Waals surface area contributed by atoms with Crippen molar-refractivity contribution in [3.05, 3.63) is 94.5 Å². The molecule has 0 spiro atoms. The summed E-state index contributed by atoms with van der Waals surface area (Å²) in [4.78, 5) is 4.94. The van der Waals surface area contributed by atoms with Gasteiger partial charge in [0, 0.05) is 16.3 Å². The van der Waals surface area contributed by atoms with Gasteiger partial charge in [-0.05, 0) is 42.5 Å². The first-order valence-electron chi connectivity index (χ1n) is 8.69. The fourth-order valence-corrected chi connectivity index (χ4v) is 3.62. The molecule has 0 radical (unpaired) electrons. The van der Waals surface area contributed by atoms with Gasteiger partial charge >= 0.3 is 0 Å². The third-order valence-corrected chi connectivity index (χ3v) is 5.16. The summed E-state index contributed by atoms with van der Waals surface area (Å²) in [5, 5.41) is 0.789. The predicted molar refractivity (Wildman–Crippen MR) is 107 cm³/mol. The van der Waals surface area contributed by atoms with Gasteiger partial charge in [0.25, 0.3) is 0 Å². The average Bonchev–Trinajstić information content (AvgIpc) is 3.13. The van der Waals surface area contributed by atoms with E-state index in [9.17, 15) is 0 Å². The van der Waals surface area contributed by atoms with Gasteiger partial charge in [0.2, 0.25) is 0 Å². The van der Waals surface area contributed by atoms with Crippen molar-refractivity contribution in [3.8, 4) is 11.1 Å². The second-order valence-corrected chi connectivity index (χ2v) is 7.01. The molecule has 3 aromatic rings. The van der Waals surface area contributed by atoms with Crippen LogP contribution in [0.2, 0.25) is 5.02 Å². The minimum Gasteiger partial charge on any atom is -0.281 e.